The fourth-order valence-electron chi connectivity index (χ4n) is 9.71. The normalized spacial score (nSPS) is 11.8. The Kier molecular flexibility index (Phi) is 7.68. The van der Waals surface area contributed by atoms with Crippen LogP contribution in [0.3, 0.4) is 0 Å². The van der Waals surface area contributed by atoms with E-state index in [0.29, 0.717) is 0 Å². The minimum absolute atomic E-state index is 1.17. The molecule has 0 saturated heterocycles. The lowest BCUT2D eigenvalue weighted by atomic mass is 9.64. The molecular formula is C46H37B7N2. The fraction of sp³-hybridized carbons (Fsp3) is 0. The van der Waals surface area contributed by atoms with Gasteiger partial charge >= 0.3 is 0 Å². The van der Waals surface area contributed by atoms with Crippen molar-refractivity contribution in [2.45, 2.75) is 0 Å². The van der Waals surface area contributed by atoms with Gasteiger partial charge in [0.15, 0.2) is 0 Å². The second-order valence-electron chi connectivity index (χ2n) is 15.5. The molecule has 55 heavy (non-hydrogen) atoms. The van der Waals surface area contributed by atoms with Gasteiger partial charge in [0.25, 0.3) is 0 Å². The standard InChI is InChI=1S/C46H37B7N2/c47-37-34(26-21-22-33-31(23-26)30-19-10-18-29(25-11-3-1-4-12-25)44(30)54(33)27-15-5-2-6-16-27)38(48)42(52)45-35(37)36-39(49)40(50)41(51)43(53)46(36)55(45)32-20-9-14-24-13-7-8-17-28(24)32/h1-23H,47-53H2. The molecule has 2 aromatic heterocycles. The van der Waals surface area contributed by atoms with E-state index < -0.39 is 0 Å². The maximum absolute atomic E-state index is 2.60. The van der Waals surface area contributed by atoms with Crippen LogP contribution in [0.4, 0.5) is 0 Å². The minimum atomic E-state index is 1.17. The molecule has 0 atom stereocenters. The molecule has 0 radical (unpaired) electrons. The Hall–Kier alpha value is -5.93. The smallest absolute Gasteiger partial charge is 0.141 e. The lowest BCUT2D eigenvalue weighted by Gasteiger charge is -2.19. The largest absolute Gasteiger partial charge is 0.310 e. The average Bonchev–Trinajstić information content (AvgIpc) is 3.76. The van der Waals surface area contributed by atoms with Gasteiger partial charge in [-0.05, 0) is 57.8 Å². The molecule has 0 N–H and O–H groups in total. The maximum Gasteiger partial charge on any atom is 0.141 e. The summed E-state index contributed by atoms with van der Waals surface area (Å²) in [5.74, 6) is 0. The first-order valence-electron chi connectivity index (χ1n) is 19.5. The predicted octanol–water partition coefficient (Wildman–Crippen LogP) is 0.177. The molecular weight excluding hydrogens is 656 g/mol. The quantitative estimate of drug-likeness (QED) is 0.233. The molecule has 0 spiro atoms. The van der Waals surface area contributed by atoms with Crippen LogP contribution in [0.25, 0.3) is 88.0 Å². The Morgan fingerprint density at radius 2 is 0.964 bits per heavy atom. The molecule has 2 heterocycles. The molecule has 0 bridgehead atoms. The van der Waals surface area contributed by atoms with E-state index in [-0.39, 0.29) is 0 Å². The van der Waals surface area contributed by atoms with Gasteiger partial charge in [-0.15, -0.1) is 5.46 Å². The summed E-state index contributed by atoms with van der Waals surface area (Å²) in [4.78, 5) is 0. The summed E-state index contributed by atoms with van der Waals surface area (Å²) in [5, 5.41) is 7.80. The van der Waals surface area contributed by atoms with E-state index >= 15 is 0 Å². The average molecular weight is 693 g/mol. The van der Waals surface area contributed by atoms with E-state index in [0.717, 1.165) is 0 Å². The number of hydrogen-bond donors (Lipinski definition) is 0. The molecule has 10 aromatic rings. The molecule has 0 aliphatic rings. The van der Waals surface area contributed by atoms with Crippen LogP contribution in [-0.4, -0.2) is 64.1 Å². The zero-order valence-electron chi connectivity index (χ0n) is 32.7. The third-order valence-corrected chi connectivity index (χ3v) is 12.8. The van der Waals surface area contributed by atoms with Crippen molar-refractivity contribution in [2.75, 3.05) is 0 Å². The van der Waals surface area contributed by atoms with Crippen LogP contribution >= 0.6 is 0 Å². The zero-order valence-corrected chi connectivity index (χ0v) is 32.7. The molecule has 0 aliphatic heterocycles. The van der Waals surface area contributed by atoms with Crippen molar-refractivity contribution in [1.82, 2.24) is 9.13 Å². The topological polar surface area (TPSA) is 9.86 Å². The minimum Gasteiger partial charge on any atom is -0.310 e. The van der Waals surface area contributed by atoms with Crippen molar-refractivity contribution in [2.24, 2.45) is 0 Å². The van der Waals surface area contributed by atoms with E-state index in [4.69, 9.17) is 0 Å². The van der Waals surface area contributed by atoms with Gasteiger partial charge in [-0.2, -0.15) is 0 Å². The van der Waals surface area contributed by atoms with E-state index in [1.807, 2.05) is 0 Å². The molecule has 8 aromatic carbocycles. The second kappa shape index (κ2) is 12.6. The number of para-hydroxylation sites is 2. The fourth-order valence-corrected chi connectivity index (χ4v) is 9.71. The van der Waals surface area contributed by atoms with Gasteiger partial charge in [0.2, 0.25) is 0 Å². The summed E-state index contributed by atoms with van der Waals surface area (Å²) in [5.41, 5.74) is 22.0. The van der Waals surface area contributed by atoms with E-state index in [1.54, 1.807) is 0 Å². The zero-order chi connectivity index (χ0) is 37.7. The molecule has 0 amide bonds. The van der Waals surface area contributed by atoms with Crippen LogP contribution in [0.2, 0.25) is 0 Å². The number of rotatable bonds is 4. The van der Waals surface area contributed by atoms with Gasteiger partial charge in [-0.1, -0.05) is 142 Å². The predicted molar refractivity (Wildman–Crippen MR) is 261 cm³/mol. The number of benzene rings is 8. The SMILES string of the molecule is Bc1c(B)c(B)c2c(c1B)c1c(B)c(-c3ccc4c(c3)c3cccc(-c5ccccc5)c3n4-c3ccccc3)c(B)c(B)c1n2-c1cccc2ccccc12. The van der Waals surface area contributed by atoms with Gasteiger partial charge in [0.1, 0.15) is 54.9 Å². The lowest BCUT2D eigenvalue weighted by Crippen LogP contribution is -2.48. The van der Waals surface area contributed by atoms with Gasteiger partial charge in [-0.3, -0.25) is 0 Å². The third kappa shape index (κ3) is 4.78. The van der Waals surface area contributed by atoms with Crippen molar-refractivity contribution in [3.63, 3.8) is 0 Å². The van der Waals surface area contributed by atoms with Crippen molar-refractivity contribution in [3.8, 4) is 33.6 Å². The molecule has 0 saturated carbocycles. The summed E-state index contributed by atoms with van der Waals surface area (Å²) >= 11 is 0. The third-order valence-electron chi connectivity index (χ3n) is 12.8. The molecule has 0 aliphatic carbocycles. The molecule has 9 heteroatoms. The Balaban J connectivity index is 1.32. The van der Waals surface area contributed by atoms with Crippen molar-refractivity contribution in [3.05, 3.63) is 140 Å². The van der Waals surface area contributed by atoms with Gasteiger partial charge in [0, 0.05) is 43.8 Å². The van der Waals surface area contributed by atoms with E-state index in [1.165, 1.54) is 126 Å². The molecule has 2 nitrogen and oxygen atoms in total. The van der Waals surface area contributed by atoms with E-state index in [2.05, 4.69) is 204 Å². The first-order chi connectivity index (χ1) is 26.8. The number of hydrogen-bond acceptors (Lipinski definition) is 0. The summed E-state index contributed by atoms with van der Waals surface area (Å²) < 4.78 is 5.06. The van der Waals surface area contributed by atoms with Crippen LogP contribution in [-0.2, 0) is 0 Å². The number of aromatic nitrogens is 2. The Morgan fingerprint density at radius 3 is 1.73 bits per heavy atom. The maximum atomic E-state index is 2.60. The van der Waals surface area contributed by atoms with Gasteiger partial charge in [0.05, 0.1) is 16.7 Å². The van der Waals surface area contributed by atoms with Gasteiger partial charge in [-0.25, -0.2) is 0 Å². The molecule has 252 valence electrons. The lowest BCUT2D eigenvalue weighted by molar-refractivity contribution is 1.18. The van der Waals surface area contributed by atoms with Crippen molar-refractivity contribution in [1.29, 1.82) is 0 Å². The van der Waals surface area contributed by atoms with Crippen molar-refractivity contribution >= 4 is 148 Å². The highest BCUT2D eigenvalue weighted by Gasteiger charge is 2.26. The molecule has 0 fully saturated rings. The Bertz CT molecular complexity index is 3220. The highest BCUT2D eigenvalue weighted by molar-refractivity contribution is 6.69. The highest BCUT2D eigenvalue weighted by Crippen LogP contribution is 2.40. The van der Waals surface area contributed by atoms with Crippen LogP contribution in [0.15, 0.2) is 140 Å². The summed E-state index contributed by atoms with van der Waals surface area (Å²) in [6.07, 6.45) is 0. The monoisotopic (exact) mass is 694 g/mol. The Morgan fingerprint density at radius 1 is 0.364 bits per heavy atom. The second-order valence-corrected chi connectivity index (χ2v) is 15.5. The summed E-state index contributed by atoms with van der Waals surface area (Å²) in [7, 11) is 16.3. The Labute approximate surface area is 328 Å². The van der Waals surface area contributed by atoms with E-state index in [9.17, 15) is 0 Å². The number of fused-ring (bicyclic) bond motifs is 7. The molecule has 10 rings (SSSR count). The first-order valence-corrected chi connectivity index (χ1v) is 19.5. The van der Waals surface area contributed by atoms with Crippen LogP contribution in [0.1, 0.15) is 0 Å². The summed E-state index contributed by atoms with van der Waals surface area (Å²) in [6, 6.07) is 51.2. The first kappa shape index (κ1) is 33.6. The van der Waals surface area contributed by atoms with Crippen molar-refractivity contribution < 1.29 is 0 Å². The van der Waals surface area contributed by atoms with Crippen LogP contribution < -0.4 is 38.2 Å². The summed E-state index contributed by atoms with van der Waals surface area (Å²) in [6.45, 7) is 0. The molecule has 0 unspecified atom stereocenters. The van der Waals surface area contributed by atoms with Gasteiger partial charge < -0.3 is 9.13 Å². The number of nitrogens with zero attached hydrogens (tertiary/aromatic N) is 2. The van der Waals surface area contributed by atoms with Crippen LogP contribution in [0.5, 0.6) is 0 Å². The highest BCUT2D eigenvalue weighted by atomic mass is 15.0. The van der Waals surface area contributed by atoms with Crippen LogP contribution in [0, 0.1) is 0 Å².